The van der Waals surface area contributed by atoms with Gasteiger partial charge in [0.05, 0.1) is 5.69 Å². The van der Waals surface area contributed by atoms with Crippen LogP contribution in [0.5, 0.6) is 0 Å². The molecule has 0 radical (unpaired) electrons. The van der Waals surface area contributed by atoms with Crippen LogP contribution >= 0.6 is 12.2 Å². The summed E-state index contributed by atoms with van der Waals surface area (Å²) in [6.45, 7) is 4.13. The third kappa shape index (κ3) is 3.64. The molecule has 1 saturated heterocycles. The summed E-state index contributed by atoms with van der Waals surface area (Å²) in [5.41, 5.74) is 6.66. The number of benzene rings is 1. The van der Waals surface area contributed by atoms with Gasteiger partial charge in [-0.15, -0.1) is 0 Å². The maximum absolute atomic E-state index is 14.0. The van der Waals surface area contributed by atoms with E-state index in [0.717, 1.165) is 26.2 Å². The van der Waals surface area contributed by atoms with Gasteiger partial charge >= 0.3 is 0 Å². The molecule has 1 aliphatic rings. The van der Waals surface area contributed by atoms with Gasteiger partial charge in [-0.2, -0.15) is 0 Å². The zero-order valence-corrected chi connectivity index (χ0v) is 12.0. The Labute approximate surface area is 119 Å². The van der Waals surface area contributed by atoms with Crippen LogP contribution in [-0.2, 0) is 0 Å². The SMILES string of the molecule is CN(CCN1CCCC1)c1ccc(C(N)=S)cc1F. The number of hydrogen-bond acceptors (Lipinski definition) is 3. The Kier molecular flexibility index (Phi) is 4.71. The summed E-state index contributed by atoms with van der Waals surface area (Å²) in [5.74, 6) is -0.269. The van der Waals surface area contributed by atoms with Crippen LogP contribution in [-0.4, -0.2) is 43.1 Å². The molecule has 1 fully saturated rings. The normalized spacial score (nSPS) is 15.7. The monoisotopic (exact) mass is 281 g/mol. The van der Waals surface area contributed by atoms with E-state index in [4.69, 9.17) is 18.0 Å². The molecule has 0 amide bonds. The van der Waals surface area contributed by atoms with Crippen LogP contribution in [0, 0.1) is 5.82 Å². The Bertz CT molecular complexity index is 458. The number of hydrogen-bond donors (Lipinski definition) is 1. The highest BCUT2D eigenvalue weighted by Gasteiger charge is 2.14. The van der Waals surface area contributed by atoms with E-state index in [1.807, 2.05) is 11.9 Å². The van der Waals surface area contributed by atoms with E-state index in [1.165, 1.54) is 18.9 Å². The first-order valence-electron chi connectivity index (χ1n) is 6.61. The van der Waals surface area contributed by atoms with Crippen molar-refractivity contribution in [3.8, 4) is 0 Å². The van der Waals surface area contributed by atoms with Gasteiger partial charge in [0.1, 0.15) is 10.8 Å². The Morgan fingerprint density at radius 3 is 2.68 bits per heavy atom. The molecule has 0 atom stereocenters. The summed E-state index contributed by atoms with van der Waals surface area (Å²) < 4.78 is 14.0. The minimum absolute atomic E-state index is 0.227. The van der Waals surface area contributed by atoms with Crippen molar-refractivity contribution in [1.29, 1.82) is 0 Å². The van der Waals surface area contributed by atoms with Gasteiger partial charge < -0.3 is 15.5 Å². The second-order valence-electron chi connectivity index (χ2n) is 5.00. The van der Waals surface area contributed by atoms with E-state index < -0.39 is 0 Å². The van der Waals surface area contributed by atoms with Crippen LogP contribution in [0.3, 0.4) is 0 Å². The van der Waals surface area contributed by atoms with Crippen LogP contribution in [0.4, 0.5) is 10.1 Å². The van der Waals surface area contributed by atoms with E-state index in [2.05, 4.69) is 4.90 Å². The average molecular weight is 281 g/mol. The maximum atomic E-state index is 14.0. The third-order valence-corrected chi connectivity index (χ3v) is 3.83. The van der Waals surface area contributed by atoms with E-state index in [0.29, 0.717) is 11.3 Å². The number of anilines is 1. The molecule has 0 aromatic heterocycles. The molecule has 0 bridgehead atoms. The highest BCUT2D eigenvalue weighted by molar-refractivity contribution is 7.80. The van der Waals surface area contributed by atoms with Gasteiger partial charge in [0, 0.05) is 25.7 Å². The number of rotatable bonds is 5. The smallest absolute Gasteiger partial charge is 0.147 e. The Morgan fingerprint density at radius 1 is 1.42 bits per heavy atom. The zero-order chi connectivity index (χ0) is 13.8. The third-order valence-electron chi connectivity index (χ3n) is 3.59. The van der Waals surface area contributed by atoms with Gasteiger partial charge in [0.25, 0.3) is 0 Å². The van der Waals surface area contributed by atoms with Crippen molar-refractivity contribution in [2.45, 2.75) is 12.8 Å². The van der Waals surface area contributed by atoms with Gasteiger partial charge in [-0.25, -0.2) is 4.39 Å². The van der Waals surface area contributed by atoms with E-state index in [1.54, 1.807) is 12.1 Å². The standard InChI is InChI=1S/C14H20FN3S/c1-17(8-9-18-6-2-3-7-18)13-5-4-11(14(16)19)10-12(13)15/h4-5,10H,2-3,6-9H2,1H3,(H2,16,19). The predicted octanol–water partition coefficient (Wildman–Crippen LogP) is 1.99. The lowest BCUT2D eigenvalue weighted by Gasteiger charge is -2.23. The fourth-order valence-corrected chi connectivity index (χ4v) is 2.51. The van der Waals surface area contributed by atoms with E-state index in [-0.39, 0.29) is 10.8 Å². The van der Waals surface area contributed by atoms with Crippen molar-refractivity contribution in [3.05, 3.63) is 29.6 Å². The molecule has 3 nitrogen and oxygen atoms in total. The molecule has 0 unspecified atom stereocenters. The number of halogens is 1. The van der Waals surface area contributed by atoms with Crippen molar-refractivity contribution in [2.24, 2.45) is 5.73 Å². The molecule has 2 N–H and O–H groups in total. The van der Waals surface area contributed by atoms with Gasteiger partial charge in [-0.1, -0.05) is 12.2 Å². The highest BCUT2D eigenvalue weighted by atomic mass is 32.1. The summed E-state index contributed by atoms with van der Waals surface area (Å²) in [6.07, 6.45) is 2.56. The molecular formula is C14H20FN3S. The first-order valence-corrected chi connectivity index (χ1v) is 7.01. The number of thiocarbonyl (C=S) groups is 1. The summed E-state index contributed by atoms with van der Waals surface area (Å²) in [4.78, 5) is 4.58. The van der Waals surface area contributed by atoms with Crippen LogP contribution in [0.25, 0.3) is 0 Å². The van der Waals surface area contributed by atoms with Gasteiger partial charge in [-0.05, 0) is 44.1 Å². The molecule has 2 rings (SSSR count). The van der Waals surface area contributed by atoms with Crippen LogP contribution in [0.15, 0.2) is 18.2 Å². The lowest BCUT2D eigenvalue weighted by molar-refractivity contribution is 0.346. The molecule has 0 aliphatic carbocycles. The average Bonchev–Trinajstić information content (AvgIpc) is 2.88. The number of nitrogens with zero attached hydrogens (tertiary/aromatic N) is 2. The first-order chi connectivity index (χ1) is 9.08. The number of likely N-dealkylation sites (N-methyl/N-ethyl adjacent to an activating group) is 1. The van der Waals surface area contributed by atoms with Crippen LogP contribution < -0.4 is 10.6 Å². The molecule has 1 aromatic carbocycles. The lowest BCUT2D eigenvalue weighted by atomic mass is 10.2. The van der Waals surface area contributed by atoms with E-state index >= 15 is 0 Å². The molecule has 0 saturated carbocycles. The number of nitrogens with two attached hydrogens (primary N) is 1. The van der Waals surface area contributed by atoms with Crippen molar-refractivity contribution in [3.63, 3.8) is 0 Å². The zero-order valence-electron chi connectivity index (χ0n) is 11.2. The molecule has 1 aromatic rings. The Morgan fingerprint density at radius 2 is 2.11 bits per heavy atom. The van der Waals surface area contributed by atoms with Crippen molar-refractivity contribution in [1.82, 2.24) is 4.90 Å². The minimum atomic E-state index is -0.269. The van der Waals surface area contributed by atoms with Gasteiger partial charge in [-0.3, -0.25) is 0 Å². The highest BCUT2D eigenvalue weighted by Crippen LogP contribution is 2.19. The number of likely N-dealkylation sites (tertiary alicyclic amines) is 1. The fourth-order valence-electron chi connectivity index (χ4n) is 2.39. The first kappa shape index (κ1) is 14.2. The quantitative estimate of drug-likeness (QED) is 0.837. The van der Waals surface area contributed by atoms with Gasteiger partial charge in [0.15, 0.2) is 0 Å². The fraction of sp³-hybridized carbons (Fsp3) is 0.500. The summed E-state index contributed by atoms with van der Waals surface area (Å²) >= 11 is 4.85. The molecule has 1 aliphatic heterocycles. The molecular weight excluding hydrogens is 261 g/mol. The lowest BCUT2D eigenvalue weighted by Crippen LogP contribution is -2.31. The molecule has 1 heterocycles. The molecule has 5 heteroatoms. The summed E-state index contributed by atoms with van der Waals surface area (Å²) in [6, 6.07) is 4.92. The molecule has 19 heavy (non-hydrogen) atoms. The topological polar surface area (TPSA) is 32.5 Å². The maximum Gasteiger partial charge on any atom is 0.147 e. The Balaban J connectivity index is 1.98. The minimum Gasteiger partial charge on any atom is -0.389 e. The van der Waals surface area contributed by atoms with Crippen LogP contribution in [0.1, 0.15) is 18.4 Å². The molecule has 104 valence electrons. The second-order valence-corrected chi connectivity index (χ2v) is 5.44. The van der Waals surface area contributed by atoms with Crippen molar-refractivity contribution < 1.29 is 4.39 Å². The van der Waals surface area contributed by atoms with Crippen molar-refractivity contribution in [2.75, 3.05) is 38.1 Å². The second kappa shape index (κ2) is 6.30. The van der Waals surface area contributed by atoms with Gasteiger partial charge in [0.2, 0.25) is 0 Å². The summed E-state index contributed by atoms with van der Waals surface area (Å²) in [5, 5.41) is 0. The van der Waals surface area contributed by atoms with Crippen molar-refractivity contribution >= 4 is 22.9 Å². The van der Waals surface area contributed by atoms with Crippen LogP contribution in [0.2, 0.25) is 0 Å². The molecule has 0 spiro atoms. The predicted molar refractivity (Wildman–Crippen MR) is 81.2 cm³/mol. The Hall–Kier alpha value is -1.20. The largest absolute Gasteiger partial charge is 0.389 e. The van der Waals surface area contributed by atoms with E-state index in [9.17, 15) is 4.39 Å². The summed E-state index contributed by atoms with van der Waals surface area (Å²) in [7, 11) is 1.91.